The van der Waals surface area contributed by atoms with Gasteiger partial charge in [0.15, 0.2) is 12.4 Å². The zero-order chi connectivity index (χ0) is 17.2. The number of carbonyl (C=O) groups is 1. The number of benzene rings is 2. The first-order valence-electron chi connectivity index (χ1n) is 7.95. The van der Waals surface area contributed by atoms with Gasteiger partial charge in [-0.3, -0.25) is 9.69 Å². The molecule has 2 aromatic rings. The first-order valence-corrected chi connectivity index (χ1v) is 7.95. The normalized spacial score (nSPS) is 24.9. The molecule has 1 aliphatic heterocycles. The van der Waals surface area contributed by atoms with Gasteiger partial charge in [0.05, 0.1) is 14.1 Å². The first-order chi connectivity index (χ1) is 11.5. The molecule has 2 aromatic carbocycles. The van der Waals surface area contributed by atoms with E-state index >= 15 is 4.32 Å². The van der Waals surface area contributed by atoms with Crippen molar-refractivity contribution < 1.29 is 18.3 Å². The summed E-state index contributed by atoms with van der Waals surface area (Å²) in [6.07, 6.45) is 2.00. The highest BCUT2D eigenvalue weighted by atomic mass is 19.1. The van der Waals surface area contributed by atoms with E-state index in [4.69, 9.17) is 4.65 Å². The van der Waals surface area contributed by atoms with Crippen LogP contribution in [0.1, 0.15) is 5.56 Å². The molecule has 6 heteroatoms. The van der Waals surface area contributed by atoms with Crippen LogP contribution in [0.5, 0.6) is 0 Å². The molecule has 0 aliphatic carbocycles. The maximum absolute atomic E-state index is 15.8. The van der Waals surface area contributed by atoms with Gasteiger partial charge in [-0.15, -0.1) is 0 Å². The molecule has 24 heavy (non-hydrogen) atoms. The van der Waals surface area contributed by atoms with E-state index in [0.29, 0.717) is 11.9 Å². The van der Waals surface area contributed by atoms with Gasteiger partial charge in [0.2, 0.25) is 0 Å². The number of halogens is 1. The lowest BCUT2D eigenvalue weighted by atomic mass is 9.67. The predicted molar refractivity (Wildman–Crippen MR) is 93.0 cm³/mol. The molecule has 1 heterocycles. The maximum atomic E-state index is 15.8. The Labute approximate surface area is 141 Å². The minimum Gasteiger partial charge on any atom is -0.619 e. The number of carbonyl (C=O) groups excluding carboxylic acids is 1. The molecule has 3 rings (SSSR count). The van der Waals surface area contributed by atoms with Crippen molar-refractivity contribution in [2.75, 3.05) is 14.1 Å². The second-order valence-electron chi connectivity index (χ2n) is 6.23. The minimum atomic E-state index is -3.09. The third-order valence-corrected chi connectivity index (χ3v) is 4.13. The summed E-state index contributed by atoms with van der Waals surface area (Å²) in [5.41, 5.74) is 1.32. The van der Waals surface area contributed by atoms with Gasteiger partial charge in [0.25, 0.3) is 0 Å². The van der Waals surface area contributed by atoms with E-state index in [-0.39, 0.29) is 0 Å². The standard InChI is InChI=1S/C18H20BFN2O2/c1-21(2)14-22-17(13-15-9-5-3-6-10-15)18(23)24-19(22,20)16-11-7-4-8-12-16/h3-12,14,17H,13H2,1-2H3/b22-14+/t17-,19?/m0/s1. The highest BCUT2D eigenvalue weighted by molar-refractivity contribution is 6.76. The Kier molecular flexibility index (Phi) is 4.38. The third-order valence-electron chi connectivity index (χ3n) is 4.13. The van der Waals surface area contributed by atoms with Crippen LogP contribution in [-0.4, -0.2) is 48.6 Å². The van der Waals surface area contributed by atoms with Crippen LogP contribution in [0.3, 0.4) is 0 Å². The first kappa shape index (κ1) is 16.2. The summed E-state index contributed by atoms with van der Waals surface area (Å²) >= 11 is 0. The molecule has 1 unspecified atom stereocenters. The molecule has 4 nitrogen and oxygen atoms in total. The summed E-state index contributed by atoms with van der Waals surface area (Å²) < 4.78 is 22.4. The Bertz CT molecular complexity index is 752. The van der Waals surface area contributed by atoms with Crippen molar-refractivity contribution in [3.8, 4) is 0 Å². The quantitative estimate of drug-likeness (QED) is 0.632. The van der Waals surface area contributed by atoms with Gasteiger partial charge < -0.3 is 13.5 Å². The van der Waals surface area contributed by atoms with Gasteiger partial charge in [-0.1, -0.05) is 66.1 Å². The second kappa shape index (κ2) is 6.47. The van der Waals surface area contributed by atoms with Crippen molar-refractivity contribution >= 4 is 24.5 Å². The van der Waals surface area contributed by atoms with Crippen molar-refractivity contribution in [2.24, 2.45) is 0 Å². The number of hydrogen-bond donors (Lipinski definition) is 0. The van der Waals surface area contributed by atoms with Crippen LogP contribution in [0, 0.1) is 0 Å². The van der Waals surface area contributed by atoms with E-state index in [1.807, 2.05) is 30.3 Å². The van der Waals surface area contributed by atoms with E-state index in [1.165, 1.54) is 4.49 Å². The van der Waals surface area contributed by atoms with Crippen LogP contribution >= 0.6 is 0 Å². The second-order valence-corrected chi connectivity index (χ2v) is 6.23. The van der Waals surface area contributed by atoms with Crippen molar-refractivity contribution in [2.45, 2.75) is 12.5 Å². The van der Waals surface area contributed by atoms with Crippen LogP contribution in [0.15, 0.2) is 60.7 Å². The van der Waals surface area contributed by atoms with Crippen molar-refractivity contribution in [1.29, 1.82) is 0 Å². The molecule has 1 aliphatic rings. The highest BCUT2D eigenvalue weighted by Gasteiger charge is 2.53. The molecule has 0 aromatic heterocycles. The van der Waals surface area contributed by atoms with Gasteiger partial charge in [0.1, 0.15) is 0 Å². The average molecular weight is 326 g/mol. The number of nitrogens with zero attached hydrogens (tertiary/aromatic N) is 2. The molecule has 124 valence electrons. The molecule has 0 saturated carbocycles. The zero-order valence-corrected chi connectivity index (χ0v) is 13.8. The van der Waals surface area contributed by atoms with E-state index in [9.17, 15) is 4.79 Å². The van der Waals surface area contributed by atoms with E-state index in [0.717, 1.165) is 5.56 Å². The monoisotopic (exact) mass is 326 g/mol. The molecule has 0 spiro atoms. The van der Waals surface area contributed by atoms with Gasteiger partial charge in [0, 0.05) is 6.42 Å². The van der Waals surface area contributed by atoms with E-state index in [2.05, 4.69) is 0 Å². The maximum Gasteiger partial charge on any atom is 0.567 e. The molecule has 2 atom stereocenters. The van der Waals surface area contributed by atoms with Crippen molar-refractivity contribution in [3.63, 3.8) is 0 Å². The molecular formula is C18H20BFN2O2. The SMILES string of the molecule is CN(C)/C=[N+]1\[C@@H](Cc2ccccc2)C(=O)O[B-]1(F)c1ccccc1. The zero-order valence-electron chi connectivity index (χ0n) is 13.8. The smallest absolute Gasteiger partial charge is 0.567 e. The Morgan fingerprint density at radius 1 is 1.12 bits per heavy atom. The Balaban J connectivity index is 2.02. The van der Waals surface area contributed by atoms with Gasteiger partial charge >= 0.3 is 12.7 Å². The predicted octanol–water partition coefficient (Wildman–Crippen LogP) is 1.57. The fraction of sp³-hybridized carbons (Fsp3) is 0.222. The van der Waals surface area contributed by atoms with Crippen LogP contribution in [0.4, 0.5) is 4.32 Å². The largest absolute Gasteiger partial charge is 0.619 e. The Morgan fingerprint density at radius 3 is 2.29 bits per heavy atom. The van der Waals surface area contributed by atoms with Crippen LogP contribution < -0.4 is 5.46 Å². The topological polar surface area (TPSA) is 32.5 Å². The summed E-state index contributed by atoms with van der Waals surface area (Å²) in [7, 11) is 3.59. The number of hydrogen-bond acceptors (Lipinski definition) is 2. The van der Waals surface area contributed by atoms with Gasteiger partial charge in [-0.25, -0.2) is 0 Å². The number of rotatable bonds is 4. The van der Waals surface area contributed by atoms with E-state index < -0.39 is 18.8 Å². The van der Waals surface area contributed by atoms with Crippen LogP contribution in [0.25, 0.3) is 0 Å². The summed E-state index contributed by atoms with van der Waals surface area (Å²) in [6, 6.07) is 17.5. The molecule has 0 radical (unpaired) electrons. The third kappa shape index (κ3) is 3.04. The summed E-state index contributed by atoms with van der Waals surface area (Å²) in [6.45, 7) is -3.09. The molecule has 1 fully saturated rings. The van der Waals surface area contributed by atoms with E-state index in [1.54, 1.807) is 55.7 Å². The summed E-state index contributed by atoms with van der Waals surface area (Å²) in [5.74, 6) is -0.539. The van der Waals surface area contributed by atoms with Crippen molar-refractivity contribution in [3.05, 3.63) is 66.2 Å². The molecule has 0 amide bonds. The lowest BCUT2D eigenvalue weighted by molar-refractivity contribution is -0.432. The molecule has 0 N–H and O–H groups in total. The summed E-state index contributed by atoms with van der Waals surface area (Å²) in [4.78, 5) is 14.2. The fourth-order valence-electron chi connectivity index (χ4n) is 3.04. The Hall–Kier alpha value is -2.63. The van der Waals surface area contributed by atoms with Crippen LogP contribution in [-0.2, 0) is 15.9 Å². The Morgan fingerprint density at radius 2 is 1.71 bits per heavy atom. The fourth-order valence-corrected chi connectivity index (χ4v) is 3.04. The van der Waals surface area contributed by atoms with Crippen molar-refractivity contribution in [1.82, 2.24) is 4.90 Å². The van der Waals surface area contributed by atoms with Gasteiger partial charge in [-0.2, -0.15) is 0 Å². The molecule has 1 saturated heterocycles. The average Bonchev–Trinajstić information content (AvgIpc) is 2.81. The minimum absolute atomic E-state index is 0.361. The lowest BCUT2D eigenvalue weighted by Crippen LogP contribution is -2.55. The molecular weight excluding hydrogens is 306 g/mol. The molecule has 0 bridgehead atoms. The van der Waals surface area contributed by atoms with Gasteiger partial charge in [-0.05, 0) is 5.56 Å². The van der Waals surface area contributed by atoms with Crippen LogP contribution in [0.2, 0.25) is 0 Å². The highest BCUT2D eigenvalue weighted by Crippen LogP contribution is 2.24. The lowest BCUT2D eigenvalue weighted by Gasteiger charge is -2.27. The summed E-state index contributed by atoms with van der Waals surface area (Å²) in [5, 5.41) is 0.